The second-order valence-corrected chi connectivity index (χ2v) is 4.72. The van der Waals surface area contributed by atoms with Gasteiger partial charge in [-0.15, -0.1) is 0 Å². The molecule has 0 aromatic carbocycles. The highest BCUT2D eigenvalue weighted by Gasteiger charge is 1.95. The summed E-state index contributed by atoms with van der Waals surface area (Å²) in [5, 5.41) is 0. The second-order valence-electron chi connectivity index (χ2n) is 3.06. The minimum atomic E-state index is 0.361. The van der Waals surface area contributed by atoms with Crippen molar-refractivity contribution in [1.82, 2.24) is 0 Å². The van der Waals surface area contributed by atoms with Crippen LogP contribution in [0.1, 0.15) is 27.7 Å². The van der Waals surface area contributed by atoms with E-state index in [1.165, 1.54) is 0 Å². The molecule has 0 saturated heterocycles. The van der Waals surface area contributed by atoms with Crippen LogP contribution in [0.15, 0.2) is 0 Å². The average Bonchev–Trinajstić information content (AvgIpc) is 1.27. The number of rotatable bonds is 0. The SMILES string of the molecule is CC(C)(C)C.Cl[P]Cl. The van der Waals surface area contributed by atoms with Crippen LogP contribution in [0.2, 0.25) is 0 Å². The molecule has 3 heteroatoms. The van der Waals surface area contributed by atoms with Gasteiger partial charge in [0.1, 0.15) is 7.29 Å². The van der Waals surface area contributed by atoms with Crippen molar-refractivity contribution in [1.29, 1.82) is 0 Å². The predicted octanol–water partition coefficient (Wildman–Crippen LogP) is 4.29. The van der Waals surface area contributed by atoms with Crippen molar-refractivity contribution < 1.29 is 0 Å². The van der Waals surface area contributed by atoms with Crippen LogP contribution in [0, 0.1) is 5.41 Å². The van der Waals surface area contributed by atoms with Gasteiger partial charge >= 0.3 is 0 Å². The largest absolute Gasteiger partial charge is 0.141 e. The quantitative estimate of drug-likeness (QED) is 0.480. The van der Waals surface area contributed by atoms with Crippen LogP contribution in [-0.2, 0) is 0 Å². The van der Waals surface area contributed by atoms with Gasteiger partial charge in [0.2, 0.25) is 0 Å². The van der Waals surface area contributed by atoms with Gasteiger partial charge in [0.15, 0.2) is 0 Å². The van der Waals surface area contributed by atoms with E-state index >= 15 is 0 Å². The van der Waals surface area contributed by atoms with Crippen molar-refractivity contribution in [2.75, 3.05) is 0 Å². The summed E-state index contributed by atoms with van der Waals surface area (Å²) in [4.78, 5) is 0. The molecule has 0 saturated carbocycles. The standard InChI is InChI=1S/C5H12.Cl2P/c1-5(2,3)4;1-3-2/h1-4H3;. The lowest BCUT2D eigenvalue weighted by atomic mass is 10.0. The summed E-state index contributed by atoms with van der Waals surface area (Å²) >= 11 is 9.47. The van der Waals surface area contributed by atoms with Crippen molar-refractivity contribution in [2.24, 2.45) is 5.41 Å². The van der Waals surface area contributed by atoms with Gasteiger partial charge in [0.05, 0.1) is 0 Å². The van der Waals surface area contributed by atoms with Crippen molar-refractivity contribution >= 4 is 29.8 Å². The van der Waals surface area contributed by atoms with E-state index < -0.39 is 0 Å². The summed E-state index contributed by atoms with van der Waals surface area (Å²) in [6.07, 6.45) is 0. The summed E-state index contributed by atoms with van der Waals surface area (Å²) in [5.74, 6) is 0. The first-order chi connectivity index (χ1) is 3.41. The van der Waals surface area contributed by atoms with Crippen LogP contribution in [0.3, 0.4) is 0 Å². The number of halogens is 2. The summed E-state index contributed by atoms with van der Waals surface area (Å²) in [6.45, 7) is 8.75. The van der Waals surface area contributed by atoms with Crippen LogP contribution in [0.25, 0.3) is 0 Å². The molecule has 0 bridgehead atoms. The number of hydrogen-bond acceptors (Lipinski definition) is 0. The average molecular weight is 174 g/mol. The Hall–Kier alpha value is 1.01. The zero-order valence-corrected chi connectivity index (χ0v) is 8.11. The molecule has 0 atom stereocenters. The van der Waals surface area contributed by atoms with Crippen LogP contribution in [-0.4, -0.2) is 0 Å². The topological polar surface area (TPSA) is 0 Å². The fourth-order valence-electron chi connectivity index (χ4n) is 0. The normalized spacial score (nSPS) is 9.75. The molecular weight excluding hydrogens is 162 g/mol. The molecule has 0 aliphatic heterocycles. The summed E-state index contributed by atoms with van der Waals surface area (Å²) in [7, 11) is 0.361. The molecule has 0 nitrogen and oxygen atoms in total. The van der Waals surface area contributed by atoms with Crippen LogP contribution in [0.5, 0.6) is 0 Å². The molecule has 0 heterocycles. The Morgan fingerprint density at radius 1 is 1.00 bits per heavy atom. The fraction of sp³-hybridized carbons (Fsp3) is 1.00. The van der Waals surface area contributed by atoms with Crippen LogP contribution >= 0.6 is 29.8 Å². The molecule has 0 unspecified atom stereocenters. The van der Waals surface area contributed by atoms with Gasteiger partial charge in [-0.2, -0.15) is 0 Å². The highest BCUT2D eigenvalue weighted by atomic mass is 35.9. The Bertz CT molecular complexity index is 34.2. The molecule has 0 aliphatic rings. The fourth-order valence-corrected chi connectivity index (χ4v) is 0. The Kier molecular flexibility index (Phi) is 9.02. The van der Waals surface area contributed by atoms with E-state index in [-0.39, 0.29) is 0 Å². The van der Waals surface area contributed by atoms with Gasteiger partial charge in [0.25, 0.3) is 0 Å². The summed E-state index contributed by atoms with van der Waals surface area (Å²) < 4.78 is 0. The smallest absolute Gasteiger partial charge is 0.0704 e. The van der Waals surface area contributed by atoms with E-state index in [4.69, 9.17) is 22.5 Å². The molecule has 0 aromatic rings. The maximum Gasteiger partial charge on any atom is 0.141 e. The first kappa shape index (κ1) is 11.8. The second kappa shape index (κ2) is 6.13. The Labute approximate surface area is 63.3 Å². The third-order valence-electron chi connectivity index (χ3n) is 0. The van der Waals surface area contributed by atoms with Crippen molar-refractivity contribution in [3.63, 3.8) is 0 Å². The molecule has 0 fully saturated rings. The van der Waals surface area contributed by atoms with Crippen LogP contribution < -0.4 is 0 Å². The Morgan fingerprint density at radius 3 is 1.00 bits per heavy atom. The zero-order valence-electron chi connectivity index (χ0n) is 5.70. The molecule has 0 amide bonds. The van der Waals surface area contributed by atoms with E-state index in [1.54, 1.807) is 0 Å². The lowest BCUT2D eigenvalue weighted by molar-refractivity contribution is 0.469. The third-order valence-corrected chi connectivity index (χ3v) is 0. The molecule has 8 heavy (non-hydrogen) atoms. The van der Waals surface area contributed by atoms with Crippen molar-refractivity contribution in [2.45, 2.75) is 27.7 Å². The Morgan fingerprint density at radius 2 is 1.00 bits per heavy atom. The van der Waals surface area contributed by atoms with Gasteiger partial charge in [-0.25, -0.2) is 0 Å². The molecule has 0 spiro atoms. The molecule has 0 aromatic heterocycles. The van der Waals surface area contributed by atoms with Gasteiger partial charge in [-0.1, -0.05) is 50.2 Å². The molecular formula is C5H12Cl2P. The van der Waals surface area contributed by atoms with E-state index in [9.17, 15) is 0 Å². The summed E-state index contributed by atoms with van der Waals surface area (Å²) in [5.41, 5.74) is 0.500. The monoisotopic (exact) mass is 173 g/mol. The molecule has 0 rings (SSSR count). The maximum absolute atomic E-state index is 4.74. The van der Waals surface area contributed by atoms with Crippen LogP contribution in [0.4, 0.5) is 0 Å². The van der Waals surface area contributed by atoms with Gasteiger partial charge in [0, 0.05) is 0 Å². The lowest BCUT2D eigenvalue weighted by Gasteiger charge is -2.05. The van der Waals surface area contributed by atoms with Gasteiger partial charge < -0.3 is 0 Å². The van der Waals surface area contributed by atoms with Gasteiger partial charge in [-0.05, 0) is 5.41 Å². The highest BCUT2D eigenvalue weighted by Crippen LogP contribution is 2.19. The summed E-state index contributed by atoms with van der Waals surface area (Å²) in [6, 6.07) is 0. The number of hydrogen-bond donors (Lipinski definition) is 0. The minimum Gasteiger partial charge on any atom is -0.0704 e. The van der Waals surface area contributed by atoms with Crippen molar-refractivity contribution in [3.05, 3.63) is 0 Å². The lowest BCUT2D eigenvalue weighted by Crippen LogP contribution is -1.93. The highest BCUT2D eigenvalue weighted by molar-refractivity contribution is 7.90. The van der Waals surface area contributed by atoms with Gasteiger partial charge in [-0.3, -0.25) is 0 Å². The maximum atomic E-state index is 4.74. The third kappa shape index (κ3) is 248. The molecule has 51 valence electrons. The van der Waals surface area contributed by atoms with E-state index in [0.29, 0.717) is 12.7 Å². The molecule has 0 N–H and O–H groups in total. The predicted molar refractivity (Wildman–Crippen MR) is 43.8 cm³/mol. The zero-order chi connectivity index (χ0) is 7.21. The minimum absolute atomic E-state index is 0.361. The van der Waals surface area contributed by atoms with E-state index in [0.717, 1.165) is 0 Å². The van der Waals surface area contributed by atoms with E-state index in [2.05, 4.69) is 27.7 Å². The molecule has 0 aliphatic carbocycles. The molecule has 1 radical (unpaired) electrons. The Balaban J connectivity index is 0. The van der Waals surface area contributed by atoms with E-state index in [1.807, 2.05) is 0 Å². The first-order valence-corrected chi connectivity index (χ1v) is 5.04. The van der Waals surface area contributed by atoms with Crippen molar-refractivity contribution in [3.8, 4) is 0 Å². The first-order valence-electron chi connectivity index (χ1n) is 2.34.